The monoisotopic (exact) mass is 374 g/mol. The molecule has 27 heavy (non-hydrogen) atoms. The van der Waals surface area contributed by atoms with E-state index in [1.807, 2.05) is 32.1 Å². The molecule has 3 N–H and O–H groups in total. The first-order valence-corrected chi connectivity index (χ1v) is 9.02. The lowest BCUT2D eigenvalue weighted by Crippen LogP contribution is -2.19. The molecule has 0 radical (unpaired) electrons. The zero-order chi connectivity index (χ0) is 20.2. The predicted molar refractivity (Wildman–Crippen MR) is 105 cm³/mol. The highest BCUT2D eigenvalue weighted by Gasteiger charge is 2.25. The number of carbonyl (C=O) groups is 1. The lowest BCUT2D eigenvalue weighted by Gasteiger charge is -2.23. The average molecular weight is 374 g/mol. The van der Waals surface area contributed by atoms with Crippen molar-refractivity contribution in [3.8, 4) is 0 Å². The number of carboxylic acid groups (broad SMARTS) is 1. The highest BCUT2D eigenvalue weighted by atomic mass is 19.1. The van der Waals surface area contributed by atoms with E-state index in [4.69, 9.17) is 5.11 Å². The molecule has 1 aromatic rings. The molecule has 1 aromatic carbocycles. The molecular weight excluding hydrogens is 347 g/mol. The summed E-state index contributed by atoms with van der Waals surface area (Å²) in [5.74, 6) is -1.11. The van der Waals surface area contributed by atoms with Crippen LogP contribution in [0.25, 0.3) is 11.6 Å². The van der Waals surface area contributed by atoms with Crippen molar-refractivity contribution in [2.45, 2.75) is 57.9 Å². The Kier molecular flexibility index (Phi) is 6.73. The normalized spacial score (nSPS) is 21.9. The van der Waals surface area contributed by atoms with Crippen molar-refractivity contribution in [2.75, 3.05) is 0 Å². The number of halogens is 1. The zero-order valence-corrected chi connectivity index (χ0v) is 15.9. The zero-order valence-electron chi connectivity index (χ0n) is 15.9. The van der Waals surface area contributed by atoms with E-state index in [2.05, 4.69) is 0 Å². The number of carboxylic acids is 1. The van der Waals surface area contributed by atoms with Gasteiger partial charge in [0.05, 0.1) is 18.6 Å². The minimum Gasteiger partial charge on any atom is -0.481 e. The molecule has 1 aliphatic carbocycles. The van der Waals surface area contributed by atoms with Crippen LogP contribution >= 0.6 is 0 Å². The Balaban J connectivity index is 2.28. The Bertz CT molecular complexity index is 790. The first-order chi connectivity index (χ1) is 12.6. The van der Waals surface area contributed by atoms with E-state index in [0.717, 1.165) is 27.8 Å². The third kappa shape index (κ3) is 6.15. The van der Waals surface area contributed by atoms with Gasteiger partial charge in [-0.3, -0.25) is 4.79 Å². The fraction of sp³-hybridized carbons (Fsp3) is 0.409. The predicted octanol–water partition coefficient (Wildman–Crippen LogP) is 3.97. The molecule has 0 fully saturated rings. The number of alkyl halides is 1. The maximum atomic E-state index is 14.4. The van der Waals surface area contributed by atoms with Gasteiger partial charge in [-0.15, -0.1) is 0 Å². The fourth-order valence-corrected chi connectivity index (χ4v) is 3.36. The number of allylic oxidation sites excluding steroid dienone is 4. The number of rotatable bonds is 7. The first kappa shape index (κ1) is 21.1. The van der Waals surface area contributed by atoms with Gasteiger partial charge < -0.3 is 15.3 Å². The summed E-state index contributed by atoms with van der Waals surface area (Å²) in [5, 5.41) is 28.4. The molecule has 0 saturated heterocycles. The van der Waals surface area contributed by atoms with Crippen LogP contribution in [0.15, 0.2) is 36.4 Å². The highest BCUT2D eigenvalue weighted by molar-refractivity contribution is 5.78. The Morgan fingerprint density at radius 1 is 1.33 bits per heavy atom. The fourth-order valence-electron chi connectivity index (χ4n) is 3.36. The van der Waals surface area contributed by atoms with E-state index >= 15 is 0 Å². The molecular formula is C22H27FO4. The molecule has 0 spiro atoms. The van der Waals surface area contributed by atoms with Crippen molar-refractivity contribution >= 4 is 17.6 Å². The maximum Gasteiger partial charge on any atom is 0.305 e. The van der Waals surface area contributed by atoms with Crippen molar-refractivity contribution in [2.24, 2.45) is 0 Å². The molecule has 5 heteroatoms. The first-order valence-electron chi connectivity index (χ1n) is 9.02. The summed E-state index contributed by atoms with van der Waals surface area (Å²) in [6.45, 7) is 5.48. The van der Waals surface area contributed by atoms with E-state index in [1.165, 1.54) is 0 Å². The van der Waals surface area contributed by atoms with Gasteiger partial charge in [-0.2, -0.15) is 0 Å². The van der Waals surface area contributed by atoms with Gasteiger partial charge in [0.2, 0.25) is 0 Å². The van der Waals surface area contributed by atoms with Crippen LogP contribution < -0.4 is 0 Å². The average Bonchev–Trinajstić information content (AvgIpc) is 2.51. The Labute approximate surface area is 159 Å². The van der Waals surface area contributed by atoms with Gasteiger partial charge in [-0.05, 0) is 49.1 Å². The van der Waals surface area contributed by atoms with Crippen LogP contribution in [-0.4, -0.2) is 39.2 Å². The summed E-state index contributed by atoms with van der Waals surface area (Å²) in [4.78, 5) is 10.6. The van der Waals surface area contributed by atoms with Crippen LogP contribution in [0.5, 0.6) is 0 Å². The molecule has 1 aliphatic rings. The van der Waals surface area contributed by atoms with Gasteiger partial charge in [-0.1, -0.05) is 42.0 Å². The molecule has 3 unspecified atom stereocenters. The quantitative estimate of drug-likeness (QED) is 0.675. The van der Waals surface area contributed by atoms with Crippen LogP contribution in [0.1, 0.15) is 48.4 Å². The topological polar surface area (TPSA) is 77.8 Å². The number of aryl methyl sites for hydroxylation is 2. The molecule has 0 amide bonds. The van der Waals surface area contributed by atoms with Crippen LogP contribution in [-0.2, 0) is 4.79 Å². The maximum absolute atomic E-state index is 14.4. The molecule has 0 bridgehead atoms. The number of hydrogen-bond donors (Lipinski definition) is 3. The van der Waals surface area contributed by atoms with E-state index in [1.54, 1.807) is 31.2 Å². The summed E-state index contributed by atoms with van der Waals surface area (Å²) >= 11 is 0. The summed E-state index contributed by atoms with van der Waals surface area (Å²) in [7, 11) is 0. The second-order valence-corrected chi connectivity index (χ2v) is 7.46. The Morgan fingerprint density at radius 3 is 2.67 bits per heavy atom. The summed E-state index contributed by atoms with van der Waals surface area (Å²) in [6, 6.07) is 4.02. The number of aliphatic hydroxyl groups is 2. The summed E-state index contributed by atoms with van der Waals surface area (Å²) in [5.41, 5.74) is 3.33. The summed E-state index contributed by atoms with van der Waals surface area (Å²) < 4.78 is 14.4. The van der Waals surface area contributed by atoms with Crippen LogP contribution in [0.4, 0.5) is 4.39 Å². The van der Waals surface area contributed by atoms with Crippen LogP contribution in [0.2, 0.25) is 0 Å². The van der Waals surface area contributed by atoms with Gasteiger partial charge in [0.1, 0.15) is 5.67 Å². The van der Waals surface area contributed by atoms with Crippen molar-refractivity contribution in [3.63, 3.8) is 0 Å². The van der Waals surface area contributed by atoms with Gasteiger partial charge in [0.15, 0.2) is 0 Å². The number of aliphatic hydroxyl groups excluding tert-OH is 2. The van der Waals surface area contributed by atoms with Crippen molar-refractivity contribution in [1.29, 1.82) is 0 Å². The van der Waals surface area contributed by atoms with Crippen LogP contribution in [0.3, 0.4) is 0 Å². The summed E-state index contributed by atoms with van der Waals surface area (Å²) in [6.07, 6.45) is 6.19. The largest absolute Gasteiger partial charge is 0.481 e. The Morgan fingerprint density at radius 2 is 2.04 bits per heavy atom. The number of benzene rings is 1. The molecule has 4 nitrogen and oxygen atoms in total. The minimum atomic E-state index is -1.40. The molecule has 146 valence electrons. The minimum absolute atomic E-state index is 0.0585. The van der Waals surface area contributed by atoms with Gasteiger partial charge >= 0.3 is 5.97 Å². The second-order valence-electron chi connectivity index (χ2n) is 7.46. The van der Waals surface area contributed by atoms with Crippen molar-refractivity contribution in [1.82, 2.24) is 0 Å². The third-order valence-electron chi connectivity index (χ3n) is 4.56. The van der Waals surface area contributed by atoms with E-state index in [0.29, 0.717) is 0 Å². The lowest BCUT2D eigenvalue weighted by molar-refractivity contribution is -0.139. The molecule has 0 aliphatic heterocycles. The molecule has 3 atom stereocenters. The van der Waals surface area contributed by atoms with E-state index < -0.39 is 30.3 Å². The van der Waals surface area contributed by atoms with E-state index in [9.17, 15) is 19.4 Å². The number of aliphatic carboxylic acids is 1. The standard InChI is InChI=1S/C22H27FO4/c1-14-9-15(2)19(7-6-17(24)11-18(25)12-21(26)27)20(10-14)16-5-4-8-22(3,23)13-16/h4-10,17-18,24-25H,11-13H2,1-3H3,(H,26,27). The molecule has 2 rings (SSSR count). The van der Waals surface area contributed by atoms with Gasteiger partial charge in [0, 0.05) is 12.8 Å². The molecule has 0 saturated carbocycles. The molecule has 0 heterocycles. The highest BCUT2D eigenvalue weighted by Crippen LogP contribution is 2.35. The van der Waals surface area contributed by atoms with E-state index in [-0.39, 0.29) is 12.8 Å². The SMILES string of the molecule is Cc1cc(C)c(C=CC(O)CC(O)CC(=O)O)c(C2=CC=CC(C)(F)C2)c1. The second kappa shape index (κ2) is 8.63. The third-order valence-corrected chi connectivity index (χ3v) is 4.56. The lowest BCUT2D eigenvalue weighted by atomic mass is 9.85. The molecule has 0 aromatic heterocycles. The van der Waals surface area contributed by atoms with Gasteiger partial charge in [-0.25, -0.2) is 4.39 Å². The number of hydrogen-bond acceptors (Lipinski definition) is 3. The Hall–Kier alpha value is -2.24. The smallest absolute Gasteiger partial charge is 0.305 e. The van der Waals surface area contributed by atoms with Gasteiger partial charge in [0.25, 0.3) is 0 Å². The van der Waals surface area contributed by atoms with Crippen molar-refractivity contribution < 1.29 is 24.5 Å². The van der Waals surface area contributed by atoms with Crippen LogP contribution in [0, 0.1) is 13.8 Å². The van der Waals surface area contributed by atoms with Crippen molar-refractivity contribution in [3.05, 3.63) is 58.7 Å².